The van der Waals surface area contributed by atoms with E-state index >= 15 is 0 Å². The first kappa shape index (κ1) is 13.6. The van der Waals surface area contributed by atoms with Crippen LogP contribution in [0.2, 0.25) is 0 Å². The first-order valence-corrected chi connectivity index (χ1v) is 2.54. The molecule has 0 bridgehead atoms. The van der Waals surface area contributed by atoms with E-state index in [1.807, 2.05) is 0 Å². The molecule has 11 heavy (non-hydrogen) atoms. The van der Waals surface area contributed by atoms with Gasteiger partial charge in [-0.1, -0.05) is 6.07 Å². The van der Waals surface area contributed by atoms with Crippen molar-refractivity contribution in [2.45, 2.75) is 0 Å². The van der Waals surface area contributed by atoms with E-state index in [0.717, 1.165) is 0 Å². The molecule has 0 aliphatic rings. The van der Waals surface area contributed by atoms with Gasteiger partial charge in [0.05, 0.1) is 0 Å². The van der Waals surface area contributed by atoms with Crippen LogP contribution >= 0.6 is 0 Å². The molecule has 0 fully saturated rings. The average molecular weight is 187 g/mol. The molecule has 0 aliphatic heterocycles. The second-order valence-electron chi connectivity index (χ2n) is 1.63. The fourth-order valence-corrected chi connectivity index (χ4v) is 0.564. The Hall–Kier alpha value is 0.00623. The first-order valence-electron chi connectivity index (χ1n) is 2.54. The topological polar surface area (TPSA) is 0 Å². The SMILES string of the molecule is F[C-](F)c1ccccc1.[Cl-].[Mg+2]. The van der Waals surface area contributed by atoms with Crippen molar-refractivity contribution < 1.29 is 21.2 Å². The molecule has 1 aromatic rings. The molecule has 0 heterocycles. The number of hydrogen-bond acceptors (Lipinski definition) is 0. The fraction of sp³-hybridized carbons (Fsp3) is 0. The smallest absolute Gasteiger partial charge is 1.00 e. The Morgan fingerprint density at radius 3 is 1.73 bits per heavy atom. The van der Waals surface area contributed by atoms with Crippen molar-refractivity contribution in [2.24, 2.45) is 0 Å². The molecule has 0 unspecified atom stereocenters. The maximum Gasteiger partial charge on any atom is 2.00 e. The molecule has 0 N–H and O–H groups in total. The molecular weight excluding hydrogens is 182 g/mol. The third-order valence-electron chi connectivity index (χ3n) is 0.992. The summed E-state index contributed by atoms with van der Waals surface area (Å²) in [6.45, 7) is 0. The largest absolute Gasteiger partial charge is 2.00 e. The molecule has 0 aliphatic carbocycles. The fourth-order valence-electron chi connectivity index (χ4n) is 0.564. The van der Waals surface area contributed by atoms with Gasteiger partial charge >= 0.3 is 23.1 Å². The molecule has 0 saturated carbocycles. The summed E-state index contributed by atoms with van der Waals surface area (Å²) >= 11 is 0. The minimum Gasteiger partial charge on any atom is -1.00 e. The van der Waals surface area contributed by atoms with E-state index in [2.05, 4.69) is 0 Å². The van der Waals surface area contributed by atoms with Crippen molar-refractivity contribution in [3.05, 3.63) is 42.3 Å². The van der Waals surface area contributed by atoms with Crippen molar-refractivity contribution in [3.63, 3.8) is 0 Å². The van der Waals surface area contributed by atoms with Crippen LogP contribution in [0.5, 0.6) is 0 Å². The molecule has 0 atom stereocenters. The molecule has 1 rings (SSSR count). The van der Waals surface area contributed by atoms with E-state index in [0.29, 0.717) is 0 Å². The summed E-state index contributed by atoms with van der Waals surface area (Å²) in [6, 6.07) is 7.60. The zero-order valence-corrected chi connectivity index (χ0v) is 7.90. The van der Waals surface area contributed by atoms with Gasteiger partial charge in [-0.2, -0.15) is 12.1 Å². The Balaban J connectivity index is 0. The Kier molecular flexibility index (Phi) is 8.28. The maximum absolute atomic E-state index is 11.7. The van der Waals surface area contributed by atoms with Crippen molar-refractivity contribution in [3.8, 4) is 0 Å². The second-order valence-corrected chi connectivity index (χ2v) is 1.63. The molecule has 0 saturated heterocycles. The molecule has 0 nitrogen and oxygen atoms in total. The molecule has 0 amide bonds. The van der Waals surface area contributed by atoms with Crippen LogP contribution in [0.4, 0.5) is 8.78 Å². The van der Waals surface area contributed by atoms with Crippen LogP contribution < -0.4 is 12.4 Å². The van der Waals surface area contributed by atoms with Crippen LogP contribution in [-0.2, 0) is 0 Å². The van der Waals surface area contributed by atoms with Crippen LogP contribution in [-0.4, -0.2) is 23.1 Å². The summed E-state index contributed by atoms with van der Waals surface area (Å²) in [5.41, 5.74) is -0.00231. The van der Waals surface area contributed by atoms with E-state index in [4.69, 9.17) is 0 Å². The number of halogens is 3. The summed E-state index contributed by atoms with van der Waals surface area (Å²) in [7, 11) is 0. The predicted molar refractivity (Wildman–Crippen MR) is 36.8 cm³/mol. The van der Waals surface area contributed by atoms with E-state index < -0.39 is 6.43 Å². The third-order valence-corrected chi connectivity index (χ3v) is 0.992. The van der Waals surface area contributed by atoms with Gasteiger partial charge < -0.3 is 12.4 Å². The van der Waals surface area contributed by atoms with E-state index in [1.165, 1.54) is 12.1 Å². The van der Waals surface area contributed by atoms with Crippen LogP contribution in [0.3, 0.4) is 0 Å². The summed E-state index contributed by atoms with van der Waals surface area (Å²) in [5, 5.41) is 0. The van der Waals surface area contributed by atoms with Gasteiger partial charge in [0.2, 0.25) is 0 Å². The van der Waals surface area contributed by atoms with Gasteiger partial charge in [0.15, 0.2) is 6.43 Å². The Morgan fingerprint density at radius 1 is 1.00 bits per heavy atom. The minimum absolute atomic E-state index is 0. The standard InChI is InChI=1S/C7H5F2.ClH.Mg/c8-7(9)6-4-2-1-3-5-6;;/h1-5H;1H;/q-1;;+2/p-1. The van der Waals surface area contributed by atoms with Crippen LogP contribution in [0, 0.1) is 6.43 Å². The Morgan fingerprint density at radius 2 is 1.45 bits per heavy atom. The van der Waals surface area contributed by atoms with Gasteiger partial charge in [0.1, 0.15) is 0 Å². The summed E-state index contributed by atoms with van der Waals surface area (Å²) < 4.78 is 23.4. The second kappa shape index (κ2) is 6.70. The van der Waals surface area contributed by atoms with E-state index in [1.54, 1.807) is 18.2 Å². The molecule has 56 valence electrons. The van der Waals surface area contributed by atoms with Gasteiger partial charge in [-0.3, -0.25) is 8.78 Å². The molecule has 1 aromatic carbocycles. The predicted octanol–water partition coefficient (Wildman–Crippen LogP) is -0.914. The van der Waals surface area contributed by atoms with Crippen molar-refractivity contribution in [2.75, 3.05) is 0 Å². The van der Waals surface area contributed by atoms with Crippen molar-refractivity contribution in [1.29, 1.82) is 0 Å². The van der Waals surface area contributed by atoms with Gasteiger partial charge in [-0.05, 0) is 0 Å². The van der Waals surface area contributed by atoms with Crippen LogP contribution in [0.1, 0.15) is 5.56 Å². The van der Waals surface area contributed by atoms with Crippen LogP contribution in [0.15, 0.2) is 30.3 Å². The van der Waals surface area contributed by atoms with Gasteiger partial charge in [-0.15, -0.1) is 17.7 Å². The minimum atomic E-state index is -1.63. The summed E-state index contributed by atoms with van der Waals surface area (Å²) in [4.78, 5) is 0. The van der Waals surface area contributed by atoms with Gasteiger partial charge in [0, 0.05) is 0 Å². The molecule has 0 radical (unpaired) electrons. The van der Waals surface area contributed by atoms with Crippen LogP contribution in [0.25, 0.3) is 0 Å². The third kappa shape index (κ3) is 4.45. The van der Waals surface area contributed by atoms with Crippen molar-refractivity contribution in [1.82, 2.24) is 0 Å². The summed E-state index contributed by atoms with van der Waals surface area (Å²) in [5.74, 6) is 0. The van der Waals surface area contributed by atoms with E-state index in [-0.39, 0.29) is 41.0 Å². The Labute approximate surface area is 86.6 Å². The van der Waals surface area contributed by atoms with E-state index in [9.17, 15) is 8.78 Å². The first-order chi connectivity index (χ1) is 4.30. The summed E-state index contributed by atoms with van der Waals surface area (Å²) in [6.07, 6.45) is -1.63. The number of benzene rings is 1. The zero-order valence-electron chi connectivity index (χ0n) is 5.73. The van der Waals surface area contributed by atoms with Gasteiger partial charge in [-0.25, -0.2) is 0 Å². The Bertz CT molecular complexity index is 179. The number of hydrogen-bond donors (Lipinski definition) is 0. The average Bonchev–Trinajstić information content (AvgIpc) is 1.90. The normalized spacial score (nSPS) is 7.45. The molecule has 0 spiro atoms. The maximum atomic E-state index is 11.7. The van der Waals surface area contributed by atoms with Crippen molar-refractivity contribution >= 4 is 23.1 Å². The molecule has 0 aromatic heterocycles. The molecule has 4 heteroatoms. The zero-order chi connectivity index (χ0) is 6.69. The number of rotatable bonds is 1. The monoisotopic (exact) mass is 186 g/mol. The quantitative estimate of drug-likeness (QED) is 0.394. The molecular formula is C7H5ClF2Mg. The van der Waals surface area contributed by atoms with Gasteiger partial charge in [0.25, 0.3) is 0 Å².